The average Bonchev–Trinajstić information content (AvgIpc) is 2.61. The van der Waals surface area contributed by atoms with E-state index in [2.05, 4.69) is 20.0 Å². The molecular weight excluding hydrogens is 242 g/mol. The first-order chi connectivity index (χ1) is 8.43. The van der Waals surface area contributed by atoms with Gasteiger partial charge in [0, 0.05) is 13.7 Å². The Bertz CT molecular complexity index is 623. The number of aromatic amines is 1. The quantitative estimate of drug-likeness (QED) is 0.494. The Kier molecular flexibility index (Phi) is 3.11. The first-order valence-electron chi connectivity index (χ1n) is 5.26. The fraction of sp³-hybridized carbons (Fsp3) is 0.556. The third-order valence-corrected chi connectivity index (χ3v) is 2.23. The van der Waals surface area contributed by atoms with E-state index < -0.39 is 11.6 Å². The van der Waals surface area contributed by atoms with Crippen LogP contribution in [0.1, 0.15) is 6.92 Å². The van der Waals surface area contributed by atoms with E-state index in [1.54, 1.807) is 11.9 Å². The summed E-state index contributed by atoms with van der Waals surface area (Å²) in [5.41, 5.74) is -0.700. The first kappa shape index (κ1) is 12.6. The molecule has 1 aliphatic rings. The van der Waals surface area contributed by atoms with Crippen LogP contribution in [0.3, 0.4) is 0 Å². The molecule has 9 nitrogen and oxygen atoms in total. The van der Waals surface area contributed by atoms with E-state index >= 15 is 0 Å². The van der Waals surface area contributed by atoms with Gasteiger partial charge in [0.2, 0.25) is 5.95 Å². The number of hydrogen-bond donors (Lipinski definition) is 3. The van der Waals surface area contributed by atoms with E-state index in [4.69, 9.17) is 4.74 Å². The summed E-state index contributed by atoms with van der Waals surface area (Å²) in [4.78, 5) is 26.4. The molecule has 0 bridgehead atoms. The van der Waals surface area contributed by atoms with Gasteiger partial charge in [0.05, 0.1) is 0 Å². The molecule has 9 heteroatoms. The van der Waals surface area contributed by atoms with Crippen molar-refractivity contribution in [1.82, 2.24) is 9.97 Å². The van der Waals surface area contributed by atoms with Crippen LogP contribution in [0.25, 0.3) is 0 Å². The Hall–Kier alpha value is -1.84. The van der Waals surface area contributed by atoms with Crippen molar-refractivity contribution in [3.8, 4) is 0 Å². The highest BCUT2D eigenvalue weighted by molar-refractivity contribution is 5.25. The minimum atomic E-state index is -2.61. The highest BCUT2D eigenvalue weighted by Gasteiger charge is 2.26. The van der Waals surface area contributed by atoms with Gasteiger partial charge in [0.25, 0.3) is 5.56 Å². The minimum Gasteiger partial charge on any atom is -0.361 e. The van der Waals surface area contributed by atoms with Gasteiger partial charge < -0.3 is 19.8 Å². The number of fused-ring (bicyclic) bond motifs is 1. The second-order valence-electron chi connectivity index (χ2n) is 3.71. The molecule has 18 heavy (non-hydrogen) atoms. The summed E-state index contributed by atoms with van der Waals surface area (Å²) in [6, 6.07) is -2.61. The summed E-state index contributed by atoms with van der Waals surface area (Å²) < 4.78 is 5.16. The van der Waals surface area contributed by atoms with E-state index in [0.29, 0.717) is 6.61 Å². The summed E-state index contributed by atoms with van der Waals surface area (Å²) in [6.45, 7) is 2.60. The molecule has 1 aromatic rings. The molecule has 0 saturated carbocycles. The lowest BCUT2D eigenvalue weighted by molar-refractivity contribution is -0.146. The van der Waals surface area contributed by atoms with Crippen LogP contribution in [0, 0.1) is 0 Å². The molecule has 98 valence electrons. The van der Waals surface area contributed by atoms with Crippen LogP contribution < -0.4 is 21.3 Å². The number of hydrogen-bond acceptors (Lipinski definition) is 8. The van der Waals surface area contributed by atoms with E-state index in [0.717, 1.165) is 0 Å². The number of rotatable bonds is 4. The molecule has 3 N–H and O–H groups in total. The molecule has 0 saturated heterocycles. The van der Waals surface area contributed by atoms with Gasteiger partial charge in [-0.25, -0.2) is 0 Å². The van der Waals surface area contributed by atoms with Gasteiger partial charge in [0.1, 0.15) is 6.73 Å². The van der Waals surface area contributed by atoms with Crippen molar-refractivity contribution < 1.29 is 14.9 Å². The van der Waals surface area contributed by atoms with E-state index in [1.807, 2.05) is 6.92 Å². The zero-order valence-electron chi connectivity index (χ0n) is 9.91. The second kappa shape index (κ2) is 4.44. The standard InChI is InChI=1S/C9H13N5O4/c1-3-18-4-14(2)8-10-6-5(7(15)11-8)12-9(16,17)13-6/h16-17H,3-4H2,1-2H3,(H,10,11,13,15). The molecule has 0 amide bonds. The van der Waals surface area contributed by atoms with Crippen molar-refractivity contribution in [1.29, 1.82) is 0 Å². The van der Waals surface area contributed by atoms with Crippen LogP contribution in [-0.2, 0) is 4.74 Å². The molecule has 0 aromatic carbocycles. The maximum absolute atomic E-state index is 11.7. The number of ether oxygens (including phenoxy) is 1. The molecule has 0 aliphatic carbocycles. The molecule has 0 spiro atoms. The molecular formula is C9H13N5O4. The van der Waals surface area contributed by atoms with Crippen LogP contribution >= 0.6 is 0 Å². The lowest BCUT2D eigenvalue weighted by Crippen LogP contribution is -2.43. The number of aromatic nitrogens is 2. The highest BCUT2D eigenvalue weighted by Crippen LogP contribution is 2.03. The smallest absolute Gasteiger partial charge is 0.361 e. The third-order valence-electron chi connectivity index (χ3n) is 2.23. The van der Waals surface area contributed by atoms with E-state index in [1.165, 1.54) is 0 Å². The fourth-order valence-corrected chi connectivity index (χ4v) is 1.41. The Morgan fingerprint density at radius 2 is 2.17 bits per heavy atom. The van der Waals surface area contributed by atoms with Gasteiger partial charge >= 0.3 is 6.03 Å². The molecule has 2 rings (SSSR count). The normalized spacial score (nSPS) is 15.8. The van der Waals surface area contributed by atoms with Crippen LogP contribution in [0.2, 0.25) is 0 Å². The lowest BCUT2D eigenvalue weighted by atomic mass is 10.6. The van der Waals surface area contributed by atoms with E-state index in [-0.39, 0.29) is 23.5 Å². The monoisotopic (exact) mass is 255 g/mol. The predicted molar refractivity (Wildman–Crippen MR) is 59.2 cm³/mol. The summed E-state index contributed by atoms with van der Waals surface area (Å²) in [7, 11) is 1.66. The summed E-state index contributed by atoms with van der Waals surface area (Å²) in [5.74, 6) is 0.212. The van der Waals surface area contributed by atoms with Gasteiger partial charge in [0.15, 0.2) is 10.8 Å². The van der Waals surface area contributed by atoms with Crippen LogP contribution in [0.5, 0.6) is 0 Å². The van der Waals surface area contributed by atoms with Crippen molar-refractivity contribution in [3.63, 3.8) is 0 Å². The maximum Gasteiger partial charge on any atom is 0.376 e. The van der Waals surface area contributed by atoms with Crippen molar-refractivity contribution in [2.75, 3.05) is 25.3 Å². The molecule has 1 aliphatic heterocycles. The van der Waals surface area contributed by atoms with Gasteiger partial charge in [-0.2, -0.15) is 15.0 Å². The fourth-order valence-electron chi connectivity index (χ4n) is 1.41. The highest BCUT2D eigenvalue weighted by atomic mass is 16.5. The van der Waals surface area contributed by atoms with Crippen LogP contribution in [0.15, 0.2) is 14.8 Å². The molecule has 0 fully saturated rings. The van der Waals surface area contributed by atoms with Gasteiger partial charge in [-0.1, -0.05) is 0 Å². The zero-order chi connectivity index (χ0) is 13.3. The summed E-state index contributed by atoms with van der Waals surface area (Å²) >= 11 is 0. The lowest BCUT2D eigenvalue weighted by Gasteiger charge is -2.16. The Balaban J connectivity index is 2.43. The first-order valence-corrected chi connectivity index (χ1v) is 5.26. The Morgan fingerprint density at radius 1 is 1.44 bits per heavy atom. The second-order valence-corrected chi connectivity index (χ2v) is 3.71. The van der Waals surface area contributed by atoms with E-state index in [9.17, 15) is 15.0 Å². The van der Waals surface area contributed by atoms with Crippen LogP contribution in [0.4, 0.5) is 5.95 Å². The number of H-pyrrole nitrogens is 1. The van der Waals surface area contributed by atoms with Crippen LogP contribution in [-0.4, -0.2) is 46.6 Å². The van der Waals surface area contributed by atoms with Crippen molar-refractivity contribution in [2.24, 2.45) is 9.98 Å². The molecule has 0 unspecified atom stereocenters. The van der Waals surface area contributed by atoms with Gasteiger partial charge in [-0.05, 0) is 6.92 Å². The molecule has 0 radical (unpaired) electrons. The van der Waals surface area contributed by atoms with Gasteiger partial charge in [-0.3, -0.25) is 9.78 Å². The Morgan fingerprint density at radius 3 is 2.83 bits per heavy atom. The number of nitrogens with zero attached hydrogens (tertiary/aromatic N) is 4. The number of aliphatic hydroxyl groups is 2. The minimum absolute atomic E-state index is 0.109. The Labute approximate surface area is 101 Å². The van der Waals surface area contributed by atoms with Crippen molar-refractivity contribution in [3.05, 3.63) is 21.2 Å². The number of anilines is 1. The largest absolute Gasteiger partial charge is 0.376 e. The summed E-state index contributed by atoms with van der Waals surface area (Å²) in [6.07, 6.45) is 0. The SMILES string of the molecule is CCOCN(C)c1nc2c(c(=O)[nH]1)=NC(O)(O)N=2. The van der Waals surface area contributed by atoms with Gasteiger partial charge in [-0.15, -0.1) is 0 Å². The molecule has 1 aromatic heterocycles. The average molecular weight is 255 g/mol. The molecule has 2 heterocycles. The van der Waals surface area contributed by atoms with Crippen molar-refractivity contribution >= 4 is 5.95 Å². The van der Waals surface area contributed by atoms with Crippen molar-refractivity contribution in [2.45, 2.75) is 13.0 Å². The number of nitrogens with one attached hydrogen (secondary N) is 1. The third kappa shape index (κ3) is 2.37. The topological polar surface area (TPSA) is 123 Å². The zero-order valence-corrected chi connectivity index (χ0v) is 9.91. The molecule has 0 atom stereocenters. The predicted octanol–water partition coefficient (Wildman–Crippen LogP) is -2.95. The maximum atomic E-state index is 11.7. The summed E-state index contributed by atoms with van der Waals surface area (Å²) in [5, 5.41) is 18.2.